The first-order valence-corrected chi connectivity index (χ1v) is 5.91. The van der Waals surface area contributed by atoms with Gasteiger partial charge in [-0.2, -0.15) is 13.2 Å². The molecule has 0 saturated carbocycles. The summed E-state index contributed by atoms with van der Waals surface area (Å²) < 4.78 is 39.2. The minimum Gasteiger partial charge on any atom is -0.397 e. The summed E-state index contributed by atoms with van der Waals surface area (Å²) in [6.07, 6.45) is -2.20. The topological polar surface area (TPSA) is 68.8 Å². The van der Waals surface area contributed by atoms with Crippen LogP contribution in [0.5, 0.6) is 0 Å². The van der Waals surface area contributed by atoms with Crippen molar-refractivity contribution in [1.82, 2.24) is 14.8 Å². The molecule has 20 heavy (non-hydrogen) atoms. The van der Waals surface area contributed by atoms with Crippen LogP contribution in [0, 0.1) is 0 Å². The fourth-order valence-electron chi connectivity index (χ4n) is 1.74. The molecule has 0 fully saturated rings. The zero-order valence-electron chi connectivity index (χ0n) is 10.8. The van der Waals surface area contributed by atoms with Crippen molar-refractivity contribution in [1.29, 1.82) is 0 Å². The summed E-state index contributed by atoms with van der Waals surface area (Å²) >= 11 is 0. The number of nitrogen functional groups attached to an aromatic ring is 1. The van der Waals surface area contributed by atoms with E-state index in [4.69, 9.17) is 5.73 Å². The predicted octanol–water partition coefficient (Wildman–Crippen LogP) is 2.07. The van der Waals surface area contributed by atoms with Gasteiger partial charge in [0, 0.05) is 20.0 Å². The Kier molecular flexibility index (Phi) is 3.82. The highest BCUT2D eigenvalue weighted by molar-refractivity contribution is 5.67. The quantitative estimate of drug-likeness (QED) is 0.844. The molecule has 5 nitrogen and oxygen atoms in total. The van der Waals surface area contributed by atoms with Crippen LogP contribution >= 0.6 is 0 Å². The van der Waals surface area contributed by atoms with Crippen molar-refractivity contribution in [3.05, 3.63) is 35.9 Å². The fraction of sp³-hybridized carbons (Fsp3) is 0.333. The zero-order chi connectivity index (χ0) is 14.8. The normalized spacial score (nSPS) is 11.6. The number of benzene rings is 1. The largest absolute Gasteiger partial charge is 0.416 e. The van der Waals surface area contributed by atoms with E-state index in [-0.39, 0.29) is 5.69 Å². The van der Waals surface area contributed by atoms with E-state index >= 15 is 0 Å². The van der Waals surface area contributed by atoms with E-state index in [0.717, 1.165) is 18.0 Å². The Balaban J connectivity index is 1.98. The van der Waals surface area contributed by atoms with E-state index < -0.39 is 11.7 Å². The summed E-state index contributed by atoms with van der Waals surface area (Å²) in [5.41, 5.74) is 5.40. The van der Waals surface area contributed by atoms with Crippen LogP contribution in [0.1, 0.15) is 11.4 Å². The van der Waals surface area contributed by atoms with Gasteiger partial charge in [-0.1, -0.05) is 0 Å². The number of alkyl halides is 3. The molecular weight excluding hydrogens is 271 g/mol. The van der Waals surface area contributed by atoms with Crippen LogP contribution in [0.25, 0.3) is 0 Å². The lowest BCUT2D eigenvalue weighted by Gasteiger charge is -2.12. The second-order valence-electron chi connectivity index (χ2n) is 4.33. The Labute approximate surface area is 113 Å². The number of aryl methyl sites for hydroxylation is 1. The highest BCUT2D eigenvalue weighted by Gasteiger charge is 2.30. The molecule has 0 amide bonds. The van der Waals surface area contributed by atoms with E-state index in [0.29, 0.717) is 18.7 Å². The highest BCUT2D eigenvalue weighted by atomic mass is 19.4. The third kappa shape index (κ3) is 3.19. The molecule has 2 aromatic rings. The van der Waals surface area contributed by atoms with Crippen molar-refractivity contribution < 1.29 is 13.2 Å². The van der Waals surface area contributed by atoms with Crippen LogP contribution in [-0.4, -0.2) is 21.3 Å². The molecule has 0 atom stereocenters. The first kappa shape index (κ1) is 14.2. The molecule has 2 rings (SSSR count). The van der Waals surface area contributed by atoms with E-state index in [1.807, 2.05) is 7.05 Å². The van der Waals surface area contributed by atoms with Crippen molar-refractivity contribution in [2.75, 3.05) is 17.6 Å². The van der Waals surface area contributed by atoms with Crippen LogP contribution in [0.3, 0.4) is 0 Å². The summed E-state index contributed by atoms with van der Waals surface area (Å²) in [5.74, 6) is 0.781. The Morgan fingerprint density at radius 1 is 1.35 bits per heavy atom. The molecule has 0 aliphatic rings. The number of nitrogens with two attached hydrogens (primary N) is 1. The number of halogens is 3. The maximum Gasteiger partial charge on any atom is 0.416 e. The standard InChI is InChI=1S/C12H14F3N5/c1-20-7-18-19-11(20)4-5-17-10-3-2-8(6-9(10)16)12(13,14)15/h2-3,6-7,17H,4-5,16H2,1H3. The van der Waals surface area contributed by atoms with Gasteiger partial charge in [-0.25, -0.2) is 0 Å². The van der Waals surface area contributed by atoms with Crippen LogP contribution in [0.2, 0.25) is 0 Å². The Morgan fingerprint density at radius 3 is 2.65 bits per heavy atom. The molecule has 0 aliphatic heterocycles. The molecule has 0 radical (unpaired) electrons. The first-order valence-electron chi connectivity index (χ1n) is 5.91. The number of nitrogens with zero attached hydrogens (tertiary/aromatic N) is 3. The summed E-state index contributed by atoms with van der Waals surface area (Å²) in [4.78, 5) is 0. The fourth-order valence-corrected chi connectivity index (χ4v) is 1.74. The van der Waals surface area contributed by atoms with Gasteiger partial charge >= 0.3 is 6.18 Å². The van der Waals surface area contributed by atoms with Gasteiger partial charge in [0.25, 0.3) is 0 Å². The van der Waals surface area contributed by atoms with Gasteiger partial charge in [-0.3, -0.25) is 0 Å². The summed E-state index contributed by atoms with van der Waals surface area (Å²) in [6.45, 7) is 0.502. The van der Waals surface area contributed by atoms with Crippen molar-refractivity contribution >= 4 is 11.4 Å². The number of hydrogen-bond donors (Lipinski definition) is 2. The molecule has 0 unspecified atom stereocenters. The third-order valence-electron chi connectivity index (χ3n) is 2.85. The second-order valence-corrected chi connectivity index (χ2v) is 4.33. The minimum atomic E-state index is -4.38. The monoisotopic (exact) mass is 285 g/mol. The minimum absolute atomic E-state index is 0.0674. The highest BCUT2D eigenvalue weighted by Crippen LogP contribution is 2.32. The van der Waals surface area contributed by atoms with Crippen LogP contribution in [0.15, 0.2) is 24.5 Å². The van der Waals surface area contributed by atoms with Crippen LogP contribution in [0.4, 0.5) is 24.5 Å². The average Bonchev–Trinajstić information content (AvgIpc) is 2.76. The Hall–Kier alpha value is -2.25. The van der Waals surface area contributed by atoms with Crippen molar-refractivity contribution in [2.24, 2.45) is 7.05 Å². The van der Waals surface area contributed by atoms with E-state index in [9.17, 15) is 13.2 Å². The number of hydrogen-bond acceptors (Lipinski definition) is 4. The summed E-state index contributed by atoms with van der Waals surface area (Å²) in [6, 6.07) is 3.25. The molecule has 0 spiro atoms. The maximum absolute atomic E-state index is 12.5. The average molecular weight is 285 g/mol. The van der Waals surface area contributed by atoms with Crippen LogP contribution < -0.4 is 11.1 Å². The number of nitrogens with one attached hydrogen (secondary N) is 1. The Bertz CT molecular complexity index is 591. The molecular formula is C12H14F3N5. The molecule has 0 aliphatic carbocycles. The molecule has 1 aromatic heterocycles. The Morgan fingerprint density at radius 2 is 2.10 bits per heavy atom. The third-order valence-corrected chi connectivity index (χ3v) is 2.85. The summed E-state index contributed by atoms with van der Waals surface area (Å²) in [5, 5.41) is 10.6. The van der Waals surface area contributed by atoms with Crippen molar-refractivity contribution in [3.63, 3.8) is 0 Å². The van der Waals surface area contributed by atoms with Crippen LogP contribution in [-0.2, 0) is 19.6 Å². The molecule has 0 saturated heterocycles. The predicted molar refractivity (Wildman–Crippen MR) is 69.1 cm³/mol. The molecule has 1 heterocycles. The molecule has 108 valence electrons. The lowest BCUT2D eigenvalue weighted by atomic mass is 10.1. The van der Waals surface area contributed by atoms with Gasteiger partial charge < -0.3 is 15.6 Å². The van der Waals surface area contributed by atoms with Gasteiger partial charge in [0.2, 0.25) is 0 Å². The molecule has 3 N–H and O–H groups in total. The number of aromatic nitrogens is 3. The smallest absolute Gasteiger partial charge is 0.397 e. The van der Waals surface area contributed by atoms with Crippen molar-refractivity contribution in [3.8, 4) is 0 Å². The lowest BCUT2D eigenvalue weighted by molar-refractivity contribution is -0.137. The van der Waals surface area contributed by atoms with E-state index in [1.54, 1.807) is 10.9 Å². The number of rotatable bonds is 4. The number of anilines is 2. The first-order chi connectivity index (χ1) is 9.38. The van der Waals surface area contributed by atoms with Gasteiger partial charge in [0.15, 0.2) is 0 Å². The van der Waals surface area contributed by atoms with E-state index in [1.165, 1.54) is 6.07 Å². The van der Waals surface area contributed by atoms with Gasteiger partial charge in [0.1, 0.15) is 12.2 Å². The molecule has 0 bridgehead atoms. The lowest BCUT2D eigenvalue weighted by Crippen LogP contribution is -2.11. The maximum atomic E-state index is 12.5. The van der Waals surface area contributed by atoms with Crippen molar-refractivity contribution in [2.45, 2.75) is 12.6 Å². The van der Waals surface area contributed by atoms with E-state index in [2.05, 4.69) is 15.5 Å². The van der Waals surface area contributed by atoms with Gasteiger partial charge in [0.05, 0.1) is 16.9 Å². The summed E-state index contributed by atoms with van der Waals surface area (Å²) in [7, 11) is 1.82. The van der Waals surface area contributed by atoms with Gasteiger partial charge in [-0.15, -0.1) is 10.2 Å². The molecule has 1 aromatic carbocycles. The molecule has 8 heteroatoms. The SMILES string of the molecule is Cn1cnnc1CCNc1ccc(C(F)(F)F)cc1N. The zero-order valence-corrected chi connectivity index (χ0v) is 10.8. The van der Waals surface area contributed by atoms with Gasteiger partial charge in [-0.05, 0) is 18.2 Å². The second kappa shape index (κ2) is 5.40.